The van der Waals surface area contributed by atoms with Gasteiger partial charge in [-0.1, -0.05) is 42.5 Å². The minimum absolute atomic E-state index is 0.127. The van der Waals surface area contributed by atoms with Crippen LogP contribution in [0.3, 0.4) is 0 Å². The molecule has 1 saturated heterocycles. The van der Waals surface area contributed by atoms with Crippen LogP contribution in [0.5, 0.6) is 0 Å². The van der Waals surface area contributed by atoms with Crippen molar-refractivity contribution in [1.29, 1.82) is 0 Å². The van der Waals surface area contributed by atoms with Gasteiger partial charge in [-0.25, -0.2) is 8.78 Å². The van der Waals surface area contributed by atoms with Crippen LogP contribution in [0, 0.1) is 23.5 Å². The second-order valence-corrected chi connectivity index (χ2v) is 8.97. The molecule has 1 aliphatic heterocycles. The summed E-state index contributed by atoms with van der Waals surface area (Å²) in [6, 6.07) is 21.8. The summed E-state index contributed by atoms with van der Waals surface area (Å²) in [6.07, 6.45) is 1.24. The Morgan fingerprint density at radius 3 is 2.03 bits per heavy atom. The summed E-state index contributed by atoms with van der Waals surface area (Å²) < 4.78 is 26.4. The predicted molar refractivity (Wildman–Crippen MR) is 131 cm³/mol. The zero-order valence-electron chi connectivity index (χ0n) is 19.4. The average Bonchev–Trinajstić information content (AvgIpc) is 2.88. The number of benzene rings is 3. The highest BCUT2D eigenvalue weighted by Gasteiger charge is 2.35. The molecule has 7 heteroatoms. The van der Waals surface area contributed by atoms with Gasteiger partial charge in [-0.05, 0) is 60.4 Å². The molecule has 2 atom stereocenters. The lowest BCUT2D eigenvalue weighted by molar-refractivity contribution is -0.130. The smallest absolute Gasteiger partial charge is 0.228 e. The predicted octanol–water partition coefficient (Wildman–Crippen LogP) is 4.40. The molecular weight excluding hydrogens is 448 g/mol. The molecule has 0 radical (unpaired) electrons. The number of nitrogens with zero attached hydrogens (tertiary/aromatic N) is 1. The lowest BCUT2D eigenvalue weighted by atomic mass is 9.87. The number of amides is 2. The van der Waals surface area contributed by atoms with E-state index in [0.29, 0.717) is 31.7 Å². The number of carbonyl (C=O) groups is 2. The fourth-order valence-electron chi connectivity index (χ4n) is 4.40. The summed E-state index contributed by atoms with van der Waals surface area (Å²) in [5, 5.41) is 5.79. The van der Waals surface area contributed by atoms with Crippen LogP contribution >= 0.6 is 0 Å². The van der Waals surface area contributed by atoms with E-state index in [1.165, 1.54) is 42.0 Å². The van der Waals surface area contributed by atoms with Crippen molar-refractivity contribution in [3.8, 4) is 0 Å². The highest BCUT2D eigenvalue weighted by Crippen LogP contribution is 2.24. The number of nitrogens with one attached hydrogen (secondary N) is 2. The second kappa shape index (κ2) is 11.7. The van der Waals surface area contributed by atoms with Gasteiger partial charge < -0.3 is 15.5 Å². The summed E-state index contributed by atoms with van der Waals surface area (Å²) in [5.74, 6) is -1.74. The first-order valence-electron chi connectivity index (χ1n) is 11.8. The van der Waals surface area contributed by atoms with Crippen molar-refractivity contribution in [2.75, 3.05) is 25.0 Å². The van der Waals surface area contributed by atoms with Gasteiger partial charge in [0.15, 0.2) is 0 Å². The molecule has 4 rings (SSSR count). The topological polar surface area (TPSA) is 61.4 Å². The molecule has 0 aliphatic carbocycles. The quantitative estimate of drug-likeness (QED) is 0.506. The molecule has 35 heavy (non-hydrogen) atoms. The molecule has 0 aromatic heterocycles. The number of hydrogen-bond donors (Lipinski definition) is 2. The van der Waals surface area contributed by atoms with Gasteiger partial charge in [-0.2, -0.15) is 0 Å². The van der Waals surface area contributed by atoms with Crippen molar-refractivity contribution < 1.29 is 18.4 Å². The number of rotatable bonds is 8. The molecular formula is C28H29F2N3O2. The maximum atomic E-state index is 13.2. The van der Waals surface area contributed by atoms with Crippen molar-refractivity contribution in [2.24, 2.45) is 11.8 Å². The summed E-state index contributed by atoms with van der Waals surface area (Å²) in [4.78, 5) is 28.3. The molecule has 3 aromatic carbocycles. The SMILES string of the molecule is O=C(NCc1ccc(F)cc1)[C@H]1C[C@@H](C(=O)Nc2ccc(F)cc2)CN(CCc2ccccc2)C1. The number of halogens is 2. The third kappa shape index (κ3) is 7.20. The maximum absolute atomic E-state index is 13.2. The Bertz CT molecular complexity index is 1120. The highest BCUT2D eigenvalue weighted by molar-refractivity contribution is 5.93. The molecule has 1 fully saturated rings. The van der Waals surface area contributed by atoms with Gasteiger partial charge >= 0.3 is 0 Å². The molecule has 0 saturated carbocycles. The molecule has 2 N–H and O–H groups in total. The number of piperidine rings is 1. The second-order valence-electron chi connectivity index (χ2n) is 8.97. The number of carbonyl (C=O) groups excluding carboxylic acids is 2. The Balaban J connectivity index is 1.41. The third-order valence-corrected chi connectivity index (χ3v) is 6.32. The highest BCUT2D eigenvalue weighted by atomic mass is 19.1. The summed E-state index contributed by atoms with van der Waals surface area (Å²) >= 11 is 0. The van der Waals surface area contributed by atoms with Gasteiger partial charge in [-0.15, -0.1) is 0 Å². The Hall–Kier alpha value is -3.58. The summed E-state index contributed by atoms with van der Waals surface area (Å²) in [7, 11) is 0. The van der Waals surface area contributed by atoms with Gasteiger partial charge in [0, 0.05) is 31.9 Å². The van der Waals surface area contributed by atoms with Crippen molar-refractivity contribution in [1.82, 2.24) is 10.2 Å². The van der Waals surface area contributed by atoms with Crippen LogP contribution < -0.4 is 10.6 Å². The van der Waals surface area contributed by atoms with Crippen LogP contribution in [0.1, 0.15) is 17.5 Å². The zero-order chi connectivity index (χ0) is 24.6. The van der Waals surface area contributed by atoms with Crippen molar-refractivity contribution >= 4 is 17.5 Å². The van der Waals surface area contributed by atoms with E-state index < -0.39 is 0 Å². The standard InChI is InChI=1S/C28H29F2N3O2/c29-24-8-6-21(7-9-24)17-31-27(34)22-16-23(28(35)32-26-12-10-25(30)11-13-26)19-33(18-22)15-14-20-4-2-1-3-5-20/h1-13,22-23H,14-19H2,(H,31,34)(H,32,35)/t22-,23+/m0/s1. The largest absolute Gasteiger partial charge is 0.352 e. The van der Waals surface area contributed by atoms with E-state index in [2.05, 4.69) is 27.7 Å². The van der Waals surface area contributed by atoms with Gasteiger partial charge in [0.25, 0.3) is 0 Å². The molecule has 0 bridgehead atoms. The van der Waals surface area contributed by atoms with E-state index in [-0.39, 0.29) is 35.3 Å². The van der Waals surface area contributed by atoms with Crippen LogP contribution in [0.15, 0.2) is 78.9 Å². The van der Waals surface area contributed by atoms with Crippen LogP contribution in [-0.4, -0.2) is 36.3 Å². The van der Waals surface area contributed by atoms with E-state index in [4.69, 9.17) is 0 Å². The van der Waals surface area contributed by atoms with Crippen molar-refractivity contribution in [3.63, 3.8) is 0 Å². The zero-order valence-corrected chi connectivity index (χ0v) is 19.4. The van der Waals surface area contributed by atoms with Gasteiger partial charge in [0.1, 0.15) is 11.6 Å². The van der Waals surface area contributed by atoms with E-state index in [9.17, 15) is 18.4 Å². The summed E-state index contributed by atoms with van der Waals surface area (Å²) in [6.45, 7) is 2.13. The molecule has 5 nitrogen and oxygen atoms in total. The molecule has 0 unspecified atom stereocenters. The summed E-state index contributed by atoms with van der Waals surface area (Å²) in [5.41, 5.74) is 2.53. The van der Waals surface area contributed by atoms with E-state index in [1.54, 1.807) is 12.1 Å². The molecule has 1 aliphatic rings. The first kappa shape index (κ1) is 24.5. The van der Waals surface area contributed by atoms with Crippen LogP contribution in [0.2, 0.25) is 0 Å². The molecule has 182 valence electrons. The Morgan fingerprint density at radius 1 is 0.771 bits per heavy atom. The van der Waals surface area contributed by atoms with Gasteiger partial charge in [-0.3, -0.25) is 9.59 Å². The minimum Gasteiger partial charge on any atom is -0.352 e. The Morgan fingerprint density at radius 2 is 1.37 bits per heavy atom. The number of likely N-dealkylation sites (tertiary alicyclic amines) is 1. The maximum Gasteiger partial charge on any atom is 0.228 e. The fourth-order valence-corrected chi connectivity index (χ4v) is 4.40. The normalized spacial score (nSPS) is 18.1. The van der Waals surface area contributed by atoms with Crippen molar-refractivity contribution in [2.45, 2.75) is 19.4 Å². The minimum atomic E-state index is -0.383. The lowest BCUT2D eigenvalue weighted by Gasteiger charge is -2.36. The number of anilines is 1. The van der Waals surface area contributed by atoms with E-state index in [0.717, 1.165) is 18.5 Å². The lowest BCUT2D eigenvalue weighted by Crippen LogP contribution is -2.49. The monoisotopic (exact) mass is 477 g/mol. The third-order valence-electron chi connectivity index (χ3n) is 6.32. The molecule has 1 heterocycles. The molecule has 3 aromatic rings. The first-order chi connectivity index (χ1) is 17.0. The van der Waals surface area contributed by atoms with Crippen molar-refractivity contribution in [3.05, 3.63) is 102 Å². The van der Waals surface area contributed by atoms with E-state index in [1.807, 2.05) is 18.2 Å². The first-order valence-corrected chi connectivity index (χ1v) is 11.8. The Kier molecular flexibility index (Phi) is 8.21. The van der Waals surface area contributed by atoms with E-state index >= 15 is 0 Å². The molecule has 0 spiro atoms. The average molecular weight is 478 g/mol. The van der Waals surface area contributed by atoms with Crippen LogP contribution in [0.25, 0.3) is 0 Å². The van der Waals surface area contributed by atoms with Gasteiger partial charge in [0.2, 0.25) is 11.8 Å². The Labute approximate surface area is 204 Å². The number of hydrogen-bond acceptors (Lipinski definition) is 3. The van der Waals surface area contributed by atoms with Gasteiger partial charge in [0.05, 0.1) is 11.8 Å². The van der Waals surface area contributed by atoms with Crippen LogP contribution in [-0.2, 0) is 22.6 Å². The molecule has 2 amide bonds. The fraction of sp³-hybridized carbons (Fsp3) is 0.286. The van der Waals surface area contributed by atoms with Crippen LogP contribution in [0.4, 0.5) is 14.5 Å².